The Kier molecular flexibility index (Phi) is 6.58. The van der Waals surface area contributed by atoms with E-state index < -0.39 is 0 Å². The van der Waals surface area contributed by atoms with E-state index in [4.69, 9.17) is 25.8 Å². The number of hydrogen-bond acceptors (Lipinski definition) is 5. The number of methoxy groups -OCH3 is 3. The van der Waals surface area contributed by atoms with E-state index in [1.54, 1.807) is 24.3 Å². The maximum atomic E-state index is 12.5. The summed E-state index contributed by atoms with van der Waals surface area (Å²) in [6.45, 7) is 0. The fourth-order valence-corrected chi connectivity index (χ4v) is 2.79. The first-order valence-electron chi connectivity index (χ1n) is 7.95. The molecule has 0 heterocycles. The zero-order valence-electron chi connectivity index (χ0n) is 15.6. The summed E-state index contributed by atoms with van der Waals surface area (Å²) >= 11 is 6.06. The Morgan fingerprint density at radius 2 is 1.65 bits per heavy atom. The van der Waals surface area contributed by atoms with Gasteiger partial charge in [-0.25, -0.2) is 0 Å². The molecule has 1 N–H and O–H groups in total. The number of carbonyl (C=O) groups is 1. The van der Waals surface area contributed by atoms with E-state index in [2.05, 4.69) is 5.32 Å². The lowest BCUT2D eigenvalue weighted by atomic mass is 10.1. The van der Waals surface area contributed by atoms with Crippen molar-refractivity contribution in [3.8, 4) is 17.2 Å². The van der Waals surface area contributed by atoms with Gasteiger partial charge in [0.2, 0.25) is 11.7 Å². The highest BCUT2D eigenvalue weighted by Gasteiger charge is 2.16. The van der Waals surface area contributed by atoms with Gasteiger partial charge in [0.05, 0.1) is 39.1 Å². The molecule has 2 aromatic carbocycles. The molecule has 0 aliphatic heterocycles. The Balaban J connectivity index is 2.25. The second-order valence-electron chi connectivity index (χ2n) is 5.81. The largest absolute Gasteiger partial charge is 0.493 e. The third-order valence-corrected chi connectivity index (χ3v) is 4.04. The molecule has 0 atom stereocenters. The fourth-order valence-electron chi connectivity index (χ4n) is 2.62. The first-order valence-corrected chi connectivity index (χ1v) is 8.33. The number of amides is 1. The van der Waals surface area contributed by atoms with Crippen molar-refractivity contribution in [2.24, 2.45) is 0 Å². The summed E-state index contributed by atoms with van der Waals surface area (Å²) in [7, 11) is 8.41. The van der Waals surface area contributed by atoms with E-state index in [1.165, 1.54) is 21.3 Å². The molecule has 0 fully saturated rings. The summed E-state index contributed by atoms with van der Waals surface area (Å²) in [6, 6.07) is 8.88. The van der Waals surface area contributed by atoms with E-state index in [0.717, 1.165) is 11.3 Å². The van der Waals surface area contributed by atoms with Crippen LogP contribution in [0.25, 0.3) is 0 Å². The molecule has 0 saturated heterocycles. The van der Waals surface area contributed by atoms with Crippen molar-refractivity contribution in [2.75, 3.05) is 45.6 Å². The maximum absolute atomic E-state index is 12.5. The molecule has 2 aromatic rings. The summed E-state index contributed by atoms with van der Waals surface area (Å²) in [4.78, 5) is 14.4. The standard InChI is InChI=1S/C19H23ClN2O4/c1-22(2)15-7-6-13(20)11-14(15)21-18(23)10-12-8-16(24-3)19(26-5)17(9-12)25-4/h6-9,11H,10H2,1-5H3,(H,21,23). The normalized spacial score (nSPS) is 10.2. The summed E-state index contributed by atoms with van der Waals surface area (Å²) in [6.07, 6.45) is 0.149. The lowest BCUT2D eigenvalue weighted by Gasteiger charge is -2.18. The van der Waals surface area contributed by atoms with E-state index >= 15 is 0 Å². The Morgan fingerprint density at radius 3 is 2.15 bits per heavy atom. The highest BCUT2D eigenvalue weighted by Crippen LogP contribution is 2.38. The fraction of sp³-hybridized carbons (Fsp3) is 0.316. The Bertz CT molecular complexity index is 768. The van der Waals surface area contributed by atoms with Crippen molar-refractivity contribution < 1.29 is 19.0 Å². The molecule has 0 saturated carbocycles. The zero-order valence-corrected chi connectivity index (χ0v) is 16.3. The molecule has 2 rings (SSSR count). The van der Waals surface area contributed by atoms with Gasteiger partial charge in [0, 0.05) is 19.1 Å². The number of nitrogens with zero attached hydrogens (tertiary/aromatic N) is 1. The summed E-state index contributed by atoms with van der Waals surface area (Å²) in [5, 5.41) is 3.46. The van der Waals surface area contributed by atoms with E-state index in [1.807, 2.05) is 25.1 Å². The molecule has 7 heteroatoms. The summed E-state index contributed by atoms with van der Waals surface area (Å²) in [5.41, 5.74) is 2.26. The minimum absolute atomic E-state index is 0.149. The summed E-state index contributed by atoms with van der Waals surface area (Å²) in [5.74, 6) is 1.33. The smallest absolute Gasteiger partial charge is 0.228 e. The number of hydrogen-bond donors (Lipinski definition) is 1. The van der Waals surface area contributed by atoms with Gasteiger partial charge in [-0.2, -0.15) is 0 Å². The number of rotatable bonds is 7. The molecule has 0 radical (unpaired) electrons. The van der Waals surface area contributed by atoms with Crippen LogP contribution in [0.4, 0.5) is 11.4 Å². The molecule has 140 valence electrons. The SMILES string of the molecule is COc1cc(CC(=O)Nc2cc(Cl)ccc2N(C)C)cc(OC)c1OC. The highest BCUT2D eigenvalue weighted by atomic mass is 35.5. The summed E-state index contributed by atoms with van der Waals surface area (Å²) < 4.78 is 15.9. The van der Waals surface area contributed by atoms with Crippen LogP contribution in [0.15, 0.2) is 30.3 Å². The molecule has 0 unspecified atom stereocenters. The average Bonchev–Trinajstić information content (AvgIpc) is 2.60. The van der Waals surface area contributed by atoms with Gasteiger partial charge in [0.25, 0.3) is 0 Å². The van der Waals surface area contributed by atoms with Crippen molar-refractivity contribution in [1.29, 1.82) is 0 Å². The maximum Gasteiger partial charge on any atom is 0.228 e. The molecule has 26 heavy (non-hydrogen) atoms. The highest BCUT2D eigenvalue weighted by molar-refractivity contribution is 6.31. The minimum Gasteiger partial charge on any atom is -0.493 e. The van der Waals surface area contributed by atoms with Gasteiger partial charge in [0.15, 0.2) is 11.5 Å². The molecule has 0 bridgehead atoms. The first-order chi connectivity index (χ1) is 12.4. The van der Waals surface area contributed by atoms with Crippen LogP contribution < -0.4 is 24.4 Å². The van der Waals surface area contributed by atoms with Gasteiger partial charge in [-0.1, -0.05) is 11.6 Å². The van der Waals surface area contributed by atoms with E-state index in [9.17, 15) is 4.79 Å². The van der Waals surface area contributed by atoms with Crippen LogP contribution in [-0.2, 0) is 11.2 Å². The van der Waals surface area contributed by atoms with Crippen LogP contribution in [0.1, 0.15) is 5.56 Å². The second-order valence-corrected chi connectivity index (χ2v) is 6.25. The van der Waals surface area contributed by atoms with Crippen molar-refractivity contribution in [3.63, 3.8) is 0 Å². The number of ether oxygens (including phenoxy) is 3. The Labute approximate surface area is 158 Å². The molecule has 0 spiro atoms. The topological polar surface area (TPSA) is 60.0 Å². The second kappa shape index (κ2) is 8.67. The van der Waals surface area contributed by atoms with Gasteiger partial charge in [-0.15, -0.1) is 0 Å². The van der Waals surface area contributed by atoms with E-state index in [0.29, 0.717) is 28.0 Å². The predicted octanol–water partition coefficient (Wildman–Crippen LogP) is 3.61. The van der Waals surface area contributed by atoms with Gasteiger partial charge < -0.3 is 24.4 Å². The van der Waals surface area contributed by atoms with Gasteiger partial charge in [0.1, 0.15) is 0 Å². The van der Waals surface area contributed by atoms with E-state index in [-0.39, 0.29) is 12.3 Å². The van der Waals surface area contributed by atoms with Crippen LogP contribution in [0, 0.1) is 0 Å². The van der Waals surface area contributed by atoms with Crippen LogP contribution >= 0.6 is 11.6 Å². The molecular weight excluding hydrogens is 356 g/mol. The third-order valence-electron chi connectivity index (χ3n) is 3.80. The van der Waals surface area contributed by atoms with Gasteiger partial charge in [-0.3, -0.25) is 4.79 Å². The number of halogens is 1. The Morgan fingerprint density at radius 1 is 1.04 bits per heavy atom. The first kappa shape index (κ1) is 19.7. The van der Waals surface area contributed by atoms with Gasteiger partial charge in [-0.05, 0) is 35.9 Å². The van der Waals surface area contributed by atoms with Crippen molar-refractivity contribution >= 4 is 28.9 Å². The minimum atomic E-state index is -0.176. The van der Waals surface area contributed by atoms with Gasteiger partial charge >= 0.3 is 0 Å². The zero-order chi connectivity index (χ0) is 19.3. The number of anilines is 2. The van der Waals surface area contributed by atoms with Crippen LogP contribution in [-0.4, -0.2) is 41.3 Å². The molecule has 6 nitrogen and oxygen atoms in total. The lowest BCUT2D eigenvalue weighted by Crippen LogP contribution is -2.18. The monoisotopic (exact) mass is 378 g/mol. The van der Waals surface area contributed by atoms with Crippen molar-refractivity contribution in [3.05, 3.63) is 40.9 Å². The average molecular weight is 379 g/mol. The van der Waals surface area contributed by atoms with Crippen molar-refractivity contribution in [1.82, 2.24) is 0 Å². The third kappa shape index (κ3) is 4.52. The van der Waals surface area contributed by atoms with Crippen LogP contribution in [0.3, 0.4) is 0 Å². The molecule has 0 aliphatic rings. The number of nitrogens with one attached hydrogen (secondary N) is 1. The van der Waals surface area contributed by atoms with Crippen LogP contribution in [0.2, 0.25) is 5.02 Å². The predicted molar refractivity (Wildman–Crippen MR) is 104 cm³/mol. The number of benzene rings is 2. The molecule has 0 aromatic heterocycles. The molecular formula is C19H23ClN2O4. The lowest BCUT2D eigenvalue weighted by molar-refractivity contribution is -0.115. The van der Waals surface area contributed by atoms with Crippen LogP contribution in [0.5, 0.6) is 17.2 Å². The quantitative estimate of drug-likeness (QED) is 0.797. The molecule has 1 amide bonds. The molecule has 0 aliphatic carbocycles. The van der Waals surface area contributed by atoms with Crippen molar-refractivity contribution in [2.45, 2.75) is 6.42 Å². The number of carbonyl (C=O) groups excluding carboxylic acids is 1. The Hall–Kier alpha value is -2.60.